The molecule has 0 aliphatic carbocycles. The van der Waals surface area contributed by atoms with Gasteiger partial charge in [0.25, 0.3) is 0 Å². The zero-order chi connectivity index (χ0) is 15.4. The first kappa shape index (κ1) is 15.2. The first-order valence-corrected chi connectivity index (χ1v) is 8.29. The lowest BCUT2D eigenvalue weighted by Gasteiger charge is -2.22. The van der Waals surface area contributed by atoms with Crippen molar-refractivity contribution in [3.63, 3.8) is 0 Å². The molecule has 0 amide bonds. The lowest BCUT2D eigenvalue weighted by atomic mass is 10.2. The van der Waals surface area contributed by atoms with E-state index in [-0.39, 0.29) is 0 Å². The minimum Gasteiger partial charge on any atom is -0.339 e. The summed E-state index contributed by atoms with van der Waals surface area (Å²) >= 11 is 0. The molecule has 0 aromatic carbocycles. The topological polar surface area (TPSA) is 60.0 Å². The summed E-state index contributed by atoms with van der Waals surface area (Å²) in [5.41, 5.74) is 1.21. The van der Waals surface area contributed by atoms with Gasteiger partial charge in [0, 0.05) is 18.7 Å². The van der Waals surface area contributed by atoms with E-state index in [1.54, 1.807) is 0 Å². The zero-order valence-electron chi connectivity index (χ0n) is 13.5. The Labute approximate surface area is 131 Å². The van der Waals surface area contributed by atoms with Crippen molar-refractivity contribution in [2.24, 2.45) is 0 Å². The molecule has 3 heterocycles. The van der Waals surface area contributed by atoms with Crippen LogP contribution in [-0.4, -0.2) is 37.4 Å². The molecule has 6 nitrogen and oxygen atoms in total. The third kappa shape index (κ3) is 3.74. The Morgan fingerprint density at radius 1 is 1.41 bits per heavy atom. The highest BCUT2D eigenvalue weighted by Crippen LogP contribution is 2.21. The van der Waals surface area contributed by atoms with Gasteiger partial charge in [-0.25, -0.2) is 0 Å². The van der Waals surface area contributed by atoms with Crippen LogP contribution >= 0.6 is 0 Å². The summed E-state index contributed by atoms with van der Waals surface area (Å²) in [5.74, 6) is 1.59. The third-order valence-electron chi connectivity index (χ3n) is 4.26. The smallest absolute Gasteiger partial charge is 0.226 e. The maximum atomic E-state index is 5.33. The molecule has 2 aromatic rings. The maximum absolute atomic E-state index is 5.33. The Balaban J connectivity index is 1.57. The molecule has 0 radical (unpaired) electrons. The Kier molecular flexibility index (Phi) is 4.87. The van der Waals surface area contributed by atoms with Crippen molar-refractivity contribution in [3.05, 3.63) is 29.7 Å². The molecule has 2 aromatic heterocycles. The predicted molar refractivity (Wildman–Crippen MR) is 83.3 cm³/mol. The van der Waals surface area contributed by atoms with Crippen molar-refractivity contribution in [2.45, 2.75) is 65.1 Å². The van der Waals surface area contributed by atoms with Crippen molar-refractivity contribution in [1.82, 2.24) is 24.8 Å². The summed E-state index contributed by atoms with van der Waals surface area (Å²) in [7, 11) is 0. The highest BCUT2D eigenvalue weighted by molar-refractivity contribution is 5.00. The molecule has 0 spiro atoms. The van der Waals surface area contributed by atoms with Gasteiger partial charge in [-0.15, -0.1) is 0 Å². The number of aromatic nitrogens is 4. The van der Waals surface area contributed by atoms with Gasteiger partial charge in [0.1, 0.15) is 0 Å². The van der Waals surface area contributed by atoms with E-state index in [0.717, 1.165) is 50.6 Å². The molecule has 0 saturated carbocycles. The number of hydrogen-bond acceptors (Lipinski definition) is 5. The lowest BCUT2D eigenvalue weighted by Crippen LogP contribution is -2.33. The van der Waals surface area contributed by atoms with Crippen LogP contribution in [0.1, 0.15) is 49.9 Å². The quantitative estimate of drug-likeness (QED) is 0.787. The molecule has 0 N–H and O–H groups in total. The number of aryl methyl sites for hydroxylation is 2. The van der Waals surface area contributed by atoms with Gasteiger partial charge in [0.15, 0.2) is 5.82 Å². The van der Waals surface area contributed by atoms with Gasteiger partial charge in [0.05, 0.1) is 19.3 Å². The third-order valence-corrected chi connectivity index (χ3v) is 4.26. The fraction of sp³-hybridized carbons (Fsp3) is 0.688. The first-order valence-electron chi connectivity index (χ1n) is 8.29. The van der Waals surface area contributed by atoms with E-state index in [0.29, 0.717) is 6.04 Å². The second kappa shape index (κ2) is 7.05. The van der Waals surface area contributed by atoms with Gasteiger partial charge < -0.3 is 4.52 Å². The fourth-order valence-corrected chi connectivity index (χ4v) is 3.06. The predicted octanol–water partition coefficient (Wildman–Crippen LogP) is 2.58. The molecule has 1 saturated heterocycles. The molecular weight excluding hydrogens is 278 g/mol. The number of rotatable bonds is 7. The normalized spacial score (nSPS) is 19.1. The summed E-state index contributed by atoms with van der Waals surface area (Å²) in [6.45, 7) is 7.06. The van der Waals surface area contributed by atoms with Crippen LogP contribution in [0.3, 0.4) is 0 Å². The summed E-state index contributed by atoms with van der Waals surface area (Å²) in [6.07, 6.45) is 9.60. The molecule has 3 rings (SSSR count). The molecule has 1 aliphatic rings. The van der Waals surface area contributed by atoms with Gasteiger partial charge >= 0.3 is 0 Å². The van der Waals surface area contributed by atoms with Crippen LogP contribution < -0.4 is 0 Å². The largest absolute Gasteiger partial charge is 0.339 e. The van der Waals surface area contributed by atoms with Crippen molar-refractivity contribution >= 4 is 0 Å². The fourth-order valence-electron chi connectivity index (χ4n) is 3.06. The number of likely N-dealkylation sites (tertiary alicyclic amines) is 1. The average Bonchev–Trinajstić information content (AvgIpc) is 3.21. The van der Waals surface area contributed by atoms with E-state index in [4.69, 9.17) is 4.52 Å². The molecule has 120 valence electrons. The van der Waals surface area contributed by atoms with Crippen molar-refractivity contribution < 1.29 is 4.52 Å². The minimum atomic E-state index is 0.511. The lowest BCUT2D eigenvalue weighted by molar-refractivity contribution is 0.211. The molecular formula is C16H25N5O. The minimum absolute atomic E-state index is 0.511. The van der Waals surface area contributed by atoms with Gasteiger partial charge in [-0.1, -0.05) is 18.5 Å². The van der Waals surface area contributed by atoms with Crippen LogP contribution in [0.5, 0.6) is 0 Å². The van der Waals surface area contributed by atoms with Crippen LogP contribution in [0, 0.1) is 6.92 Å². The Bertz CT molecular complexity index is 591. The van der Waals surface area contributed by atoms with Crippen LogP contribution in [0.2, 0.25) is 0 Å². The molecule has 6 heteroatoms. The van der Waals surface area contributed by atoms with E-state index >= 15 is 0 Å². The summed E-state index contributed by atoms with van der Waals surface area (Å²) in [5, 5.41) is 8.53. The Morgan fingerprint density at radius 3 is 3.09 bits per heavy atom. The number of hydrogen-bond donors (Lipinski definition) is 0. The summed E-state index contributed by atoms with van der Waals surface area (Å²) < 4.78 is 7.37. The molecule has 22 heavy (non-hydrogen) atoms. The first-order chi connectivity index (χ1) is 10.7. The molecule has 1 aliphatic heterocycles. The van der Waals surface area contributed by atoms with E-state index < -0.39 is 0 Å². The molecule has 1 atom stereocenters. The highest BCUT2D eigenvalue weighted by atomic mass is 16.5. The van der Waals surface area contributed by atoms with Crippen LogP contribution in [0.4, 0.5) is 0 Å². The monoisotopic (exact) mass is 303 g/mol. The molecule has 1 fully saturated rings. The van der Waals surface area contributed by atoms with Gasteiger partial charge in [-0.05, 0) is 38.3 Å². The van der Waals surface area contributed by atoms with Crippen LogP contribution in [0.25, 0.3) is 0 Å². The van der Waals surface area contributed by atoms with E-state index in [1.807, 2.05) is 10.9 Å². The van der Waals surface area contributed by atoms with Crippen molar-refractivity contribution in [2.75, 3.05) is 6.54 Å². The van der Waals surface area contributed by atoms with Gasteiger partial charge in [-0.3, -0.25) is 9.58 Å². The molecule has 1 unspecified atom stereocenters. The standard InChI is InChI=1S/C16H25N5O/c1-3-4-7-16-18-15(19-22-16)12-20-8-5-6-14(20)11-21-10-13(2)9-17-21/h9-10,14H,3-8,11-12H2,1-2H3. The van der Waals surface area contributed by atoms with E-state index in [1.165, 1.54) is 18.4 Å². The van der Waals surface area contributed by atoms with E-state index in [2.05, 4.69) is 40.2 Å². The number of unbranched alkanes of at least 4 members (excludes halogenated alkanes) is 1. The summed E-state index contributed by atoms with van der Waals surface area (Å²) in [6, 6.07) is 0.511. The van der Waals surface area contributed by atoms with Crippen molar-refractivity contribution in [1.29, 1.82) is 0 Å². The number of nitrogens with zero attached hydrogens (tertiary/aromatic N) is 5. The van der Waals surface area contributed by atoms with Crippen molar-refractivity contribution in [3.8, 4) is 0 Å². The summed E-state index contributed by atoms with van der Waals surface area (Å²) in [4.78, 5) is 6.96. The highest BCUT2D eigenvalue weighted by Gasteiger charge is 2.26. The van der Waals surface area contributed by atoms with Crippen LogP contribution in [0.15, 0.2) is 16.9 Å². The average molecular weight is 303 g/mol. The SMILES string of the molecule is CCCCc1nc(CN2CCCC2Cn2cc(C)cn2)no1. The second-order valence-electron chi connectivity index (χ2n) is 6.21. The molecule has 0 bridgehead atoms. The van der Waals surface area contributed by atoms with Crippen LogP contribution in [-0.2, 0) is 19.5 Å². The Hall–Kier alpha value is -1.69. The van der Waals surface area contributed by atoms with Gasteiger partial charge in [0.2, 0.25) is 5.89 Å². The van der Waals surface area contributed by atoms with E-state index in [9.17, 15) is 0 Å². The van der Waals surface area contributed by atoms with Gasteiger partial charge in [-0.2, -0.15) is 10.1 Å². The zero-order valence-corrected chi connectivity index (χ0v) is 13.5. The second-order valence-corrected chi connectivity index (χ2v) is 6.21. The Morgan fingerprint density at radius 2 is 2.32 bits per heavy atom. The maximum Gasteiger partial charge on any atom is 0.226 e.